The fourth-order valence-corrected chi connectivity index (χ4v) is 1.39. The molecule has 0 fully saturated rings. The predicted molar refractivity (Wildman–Crippen MR) is 56.7 cm³/mol. The molecule has 0 heterocycles. The van der Waals surface area contributed by atoms with Crippen molar-refractivity contribution in [3.05, 3.63) is 39.9 Å². The van der Waals surface area contributed by atoms with Gasteiger partial charge < -0.3 is 10.5 Å². The maximum absolute atomic E-state index is 11.4. The highest BCUT2D eigenvalue weighted by Crippen LogP contribution is 2.28. The van der Waals surface area contributed by atoms with Gasteiger partial charge in [0.2, 0.25) is 0 Å². The van der Waals surface area contributed by atoms with Crippen LogP contribution in [0.4, 0.5) is 5.69 Å². The lowest BCUT2D eigenvalue weighted by Crippen LogP contribution is -2.43. The summed E-state index contributed by atoms with van der Waals surface area (Å²) in [7, 11) is 1.18. The van der Waals surface area contributed by atoms with E-state index in [0.717, 1.165) is 0 Å². The summed E-state index contributed by atoms with van der Waals surface area (Å²) < 4.78 is 4.52. The van der Waals surface area contributed by atoms with E-state index in [2.05, 4.69) is 4.74 Å². The fourth-order valence-electron chi connectivity index (χ4n) is 1.39. The Balaban J connectivity index is 3.32. The highest BCUT2D eigenvalue weighted by atomic mass is 16.6. The van der Waals surface area contributed by atoms with Crippen LogP contribution in [0, 0.1) is 10.1 Å². The van der Waals surface area contributed by atoms with Crippen LogP contribution >= 0.6 is 0 Å². The number of nitro groups is 1. The summed E-state index contributed by atoms with van der Waals surface area (Å²) in [6.45, 7) is 1.38. The molecule has 0 radical (unpaired) electrons. The summed E-state index contributed by atoms with van der Waals surface area (Å²) >= 11 is 0. The quantitative estimate of drug-likeness (QED) is 0.468. The minimum Gasteiger partial charge on any atom is -0.467 e. The van der Waals surface area contributed by atoms with Crippen LogP contribution in [0.15, 0.2) is 24.3 Å². The van der Waals surface area contributed by atoms with E-state index in [0.29, 0.717) is 0 Å². The second kappa shape index (κ2) is 4.28. The van der Waals surface area contributed by atoms with Gasteiger partial charge in [-0.1, -0.05) is 12.1 Å². The third-order valence-corrected chi connectivity index (χ3v) is 2.27. The van der Waals surface area contributed by atoms with Crippen LogP contribution in [0.2, 0.25) is 0 Å². The number of carbonyl (C=O) groups excluding carboxylic acids is 1. The molecule has 1 aromatic carbocycles. The summed E-state index contributed by atoms with van der Waals surface area (Å²) in [4.78, 5) is 21.6. The number of nitrogens with two attached hydrogens (primary N) is 1. The van der Waals surface area contributed by atoms with Crippen LogP contribution in [-0.4, -0.2) is 18.0 Å². The Morgan fingerprint density at radius 1 is 1.50 bits per heavy atom. The first-order valence-electron chi connectivity index (χ1n) is 4.52. The van der Waals surface area contributed by atoms with Gasteiger partial charge in [-0.3, -0.25) is 10.1 Å². The molecule has 0 aliphatic carbocycles. The molecule has 1 rings (SSSR count). The summed E-state index contributed by atoms with van der Waals surface area (Å²) in [5, 5.41) is 10.8. The van der Waals surface area contributed by atoms with Crippen LogP contribution in [0.1, 0.15) is 12.5 Å². The van der Waals surface area contributed by atoms with Gasteiger partial charge in [0.25, 0.3) is 5.69 Å². The number of nitrogens with zero attached hydrogens (tertiary/aromatic N) is 1. The smallest absolute Gasteiger partial charge is 0.330 e. The van der Waals surface area contributed by atoms with Crippen LogP contribution in [-0.2, 0) is 15.1 Å². The average Bonchev–Trinajstić information content (AvgIpc) is 2.27. The van der Waals surface area contributed by atoms with E-state index >= 15 is 0 Å². The first-order chi connectivity index (χ1) is 7.41. The molecule has 0 saturated carbocycles. The number of benzene rings is 1. The van der Waals surface area contributed by atoms with Gasteiger partial charge in [-0.15, -0.1) is 0 Å². The molecule has 0 aliphatic rings. The van der Waals surface area contributed by atoms with Crippen molar-refractivity contribution in [3.63, 3.8) is 0 Å². The van der Waals surface area contributed by atoms with E-state index in [9.17, 15) is 14.9 Å². The van der Waals surface area contributed by atoms with Crippen molar-refractivity contribution in [3.8, 4) is 0 Å². The van der Waals surface area contributed by atoms with Crippen LogP contribution in [0.3, 0.4) is 0 Å². The number of esters is 1. The maximum Gasteiger partial charge on any atom is 0.330 e. The standard InChI is InChI=1S/C10H12N2O4/c1-10(11,9(13)16-2)7-5-3-4-6-8(7)12(14)15/h3-6H,11H2,1-2H3/t10-/m0/s1. The Hall–Kier alpha value is -1.95. The maximum atomic E-state index is 11.4. The summed E-state index contributed by atoms with van der Waals surface area (Å²) in [5.41, 5.74) is 4.16. The molecule has 0 unspecified atom stereocenters. The minimum absolute atomic E-state index is 0.131. The largest absolute Gasteiger partial charge is 0.467 e. The zero-order valence-electron chi connectivity index (χ0n) is 8.97. The lowest BCUT2D eigenvalue weighted by atomic mass is 9.92. The Bertz CT molecular complexity index is 429. The predicted octanol–water partition coefficient (Wildman–Crippen LogP) is 0.942. The third-order valence-electron chi connectivity index (χ3n) is 2.27. The number of methoxy groups -OCH3 is 1. The number of hydrogen-bond donors (Lipinski definition) is 1. The van der Waals surface area contributed by atoms with Crippen LogP contribution < -0.4 is 5.73 Å². The molecule has 6 heteroatoms. The molecule has 0 amide bonds. The van der Waals surface area contributed by atoms with E-state index < -0.39 is 16.4 Å². The molecule has 86 valence electrons. The normalized spacial score (nSPS) is 13.9. The van der Waals surface area contributed by atoms with E-state index in [4.69, 9.17) is 5.73 Å². The topological polar surface area (TPSA) is 95.5 Å². The van der Waals surface area contributed by atoms with E-state index in [1.807, 2.05) is 0 Å². The molecule has 0 bridgehead atoms. The average molecular weight is 224 g/mol. The SMILES string of the molecule is COC(=O)[C@@](C)(N)c1ccccc1[N+](=O)[O-]. The van der Waals surface area contributed by atoms with Gasteiger partial charge in [0, 0.05) is 6.07 Å². The summed E-state index contributed by atoms with van der Waals surface area (Å²) in [6, 6.07) is 5.82. The third kappa shape index (κ3) is 2.01. The van der Waals surface area contributed by atoms with Crippen molar-refractivity contribution in [2.75, 3.05) is 7.11 Å². The number of para-hydroxylation sites is 1. The molecular formula is C10H12N2O4. The first kappa shape index (κ1) is 12.1. The Kier molecular flexibility index (Phi) is 3.24. The molecule has 0 aliphatic heterocycles. The molecule has 16 heavy (non-hydrogen) atoms. The van der Waals surface area contributed by atoms with Gasteiger partial charge in [0.15, 0.2) is 0 Å². The van der Waals surface area contributed by atoms with Crippen LogP contribution in [0.5, 0.6) is 0 Å². The van der Waals surface area contributed by atoms with Crippen LogP contribution in [0.25, 0.3) is 0 Å². The Labute approximate surface area is 92.2 Å². The van der Waals surface area contributed by atoms with Crippen molar-refractivity contribution in [2.45, 2.75) is 12.5 Å². The van der Waals surface area contributed by atoms with E-state index in [1.165, 1.54) is 32.2 Å². The molecule has 2 N–H and O–H groups in total. The van der Waals surface area contributed by atoms with Crippen molar-refractivity contribution < 1.29 is 14.5 Å². The molecule has 0 aromatic heterocycles. The second-order valence-electron chi connectivity index (χ2n) is 3.47. The number of ether oxygens (including phenoxy) is 1. The minimum atomic E-state index is -1.53. The lowest BCUT2D eigenvalue weighted by Gasteiger charge is -2.21. The molecular weight excluding hydrogens is 212 g/mol. The van der Waals surface area contributed by atoms with E-state index in [-0.39, 0.29) is 11.3 Å². The van der Waals surface area contributed by atoms with Crippen molar-refractivity contribution >= 4 is 11.7 Å². The first-order valence-corrected chi connectivity index (χ1v) is 4.52. The fraction of sp³-hybridized carbons (Fsp3) is 0.300. The van der Waals surface area contributed by atoms with Gasteiger partial charge in [-0.2, -0.15) is 0 Å². The Morgan fingerprint density at radius 3 is 2.56 bits per heavy atom. The Morgan fingerprint density at radius 2 is 2.06 bits per heavy atom. The van der Waals surface area contributed by atoms with Gasteiger partial charge in [-0.25, -0.2) is 4.79 Å². The molecule has 1 atom stereocenters. The zero-order valence-corrected chi connectivity index (χ0v) is 8.97. The van der Waals surface area contributed by atoms with Crippen molar-refractivity contribution in [2.24, 2.45) is 5.73 Å². The van der Waals surface area contributed by atoms with Gasteiger partial charge in [-0.05, 0) is 13.0 Å². The number of nitro benzene ring substituents is 1. The number of carbonyl (C=O) groups is 1. The van der Waals surface area contributed by atoms with E-state index in [1.54, 1.807) is 6.07 Å². The molecule has 1 aromatic rings. The number of hydrogen-bond acceptors (Lipinski definition) is 5. The monoisotopic (exact) mass is 224 g/mol. The summed E-state index contributed by atoms with van der Waals surface area (Å²) in [6.07, 6.45) is 0. The van der Waals surface area contributed by atoms with Gasteiger partial charge in [0.1, 0.15) is 5.54 Å². The summed E-state index contributed by atoms with van der Waals surface area (Å²) in [5.74, 6) is -0.721. The van der Waals surface area contributed by atoms with Crippen molar-refractivity contribution in [1.29, 1.82) is 0 Å². The highest BCUT2D eigenvalue weighted by molar-refractivity contribution is 5.83. The highest BCUT2D eigenvalue weighted by Gasteiger charge is 2.37. The second-order valence-corrected chi connectivity index (χ2v) is 3.47. The molecule has 0 saturated heterocycles. The molecule has 6 nitrogen and oxygen atoms in total. The number of rotatable bonds is 3. The lowest BCUT2D eigenvalue weighted by molar-refractivity contribution is -0.386. The molecule has 0 spiro atoms. The van der Waals surface area contributed by atoms with Crippen molar-refractivity contribution in [1.82, 2.24) is 0 Å². The van der Waals surface area contributed by atoms with Gasteiger partial charge >= 0.3 is 5.97 Å². The zero-order chi connectivity index (χ0) is 12.3. The van der Waals surface area contributed by atoms with Gasteiger partial charge in [0.05, 0.1) is 17.6 Å².